The number of nitrogens with two attached hydrogens (primary N) is 1. The van der Waals surface area contributed by atoms with Crippen molar-refractivity contribution in [1.82, 2.24) is 4.90 Å². The number of hydrogen-bond donors (Lipinski definition) is 2. The maximum Gasteiger partial charge on any atom is 0.327 e. The predicted molar refractivity (Wildman–Crippen MR) is 74.7 cm³/mol. The van der Waals surface area contributed by atoms with E-state index in [9.17, 15) is 14.7 Å². The zero-order valence-corrected chi connectivity index (χ0v) is 12.1. The molecule has 19 heavy (non-hydrogen) atoms. The Hall–Kier alpha value is -0.750. The summed E-state index contributed by atoms with van der Waals surface area (Å²) in [6, 6.07) is -0.650. The van der Waals surface area contributed by atoms with Crippen LogP contribution >= 0.6 is 11.8 Å². The number of carboxylic acid groups (broad SMARTS) is 1. The van der Waals surface area contributed by atoms with Crippen molar-refractivity contribution < 1.29 is 14.7 Å². The van der Waals surface area contributed by atoms with Gasteiger partial charge in [0.1, 0.15) is 6.04 Å². The molecule has 3 atom stereocenters. The summed E-state index contributed by atoms with van der Waals surface area (Å²) in [4.78, 5) is 25.5. The lowest BCUT2D eigenvalue weighted by molar-refractivity contribution is -0.151. The monoisotopic (exact) mass is 286 g/mol. The van der Waals surface area contributed by atoms with Crippen LogP contribution in [0.4, 0.5) is 0 Å². The zero-order chi connectivity index (χ0) is 14.0. The molecule has 1 aliphatic heterocycles. The lowest BCUT2D eigenvalue weighted by Crippen LogP contribution is -2.48. The fourth-order valence-electron chi connectivity index (χ4n) is 2.54. The van der Waals surface area contributed by atoms with E-state index < -0.39 is 12.0 Å². The first kappa shape index (κ1) is 14.7. The maximum absolute atomic E-state index is 12.5. The SMILES string of the molecule is CC(CCCN)C(=O)N1C(C(=O)O)CSC1C1CC1. The number of rotatable bonds is 6. The van der Waals surface area contributed by atoms with Crippen molar-refractivity contribution in [2.24, 2.45) is 17.6 Å². The van der Waals surface area contributed by atoms with Crippen molar-refractivity contribution in [1.29, 1.82) is 0 Å². The van der Waals surface area contributed by atoms with Crippen molar-refractivity contribution in [3.05, 3.63) is 0 Å². The summed E-state index contributed by atoms with van der Waals surface area (Å²) in [5.74, 6) is -0.00519. The Bertz CT molecular complexity index is 360. The van der Waals surface area contributed by atoms with Gasteiger partial charge in [0.25, 0.3) is 0 Å². The minimum Gasteiger partial charge on any atom is -0.480 e. The van der Waals surface area contributed by atoms with Gasteiger partial charge in [-0.1, -0.05) is 6.92 Å². The van der Waals surface area contributed by atoms with Crippen molar-refractivity contribution in [3.63, 3.8) is 0 Å². The van der Waals surface area contributed by atoms with E-state index in [2.05, 4.69) is 0 Å². The van der Waals surface area contributed by atoms with E-state index in [0.29, 0.717) is 18.2 Å². The van der Waals surface area contributed by atoms with Crippen molar-refractivity contribution in [2.75, 3.05) is 12.3 Å². The highest BCUT2D eigenvalue weighted by Crippen LogP contribution is 2.46. The van der Waals surface area contributed by atoms with Crippen LogP contribution in [0.15, 0.2) is 0 Å². The van der Waals surface area contributed by atoms with Crippen LogP contribution in [0.2, 0.25) is 0 Å². The molecule has 0 spiro atoms. The second kappa shape index (κ2) is 6.13. The zero-order valence-electron chi connectivity index (χ0n) is 11.2. The van der Waals surface area contributed by atoms with Gasteiger partial charge in [0.2, 0.25) is 5.91 Å². The number of carbonyl (C=O) groups is 2. The largest absolute Gasteiger partial charge is 0.480 e. The quantitative estimate of drug-likeness (QED) is 0.764. The Morgan fingerprint density at radius 2 is 2.16 bits per heavy atom. The summed E-state index contributed by atoms with van der Waals surface area (Å²) in [6.07, 6.45) is 3.77. The summed E-state index contributed by atoms with van der Waals surface area (Å²) in [5.41, 5.74) is 5.47. The Kier molecular flexibility index (Phi) is 4.73. The first-order valence-electron chi connectivity index (χ1n) is 6.93. The highest BCUT2D eigenvalue weighted by atomic mass is 32.2. The molecule has 0 aromatic rings. The van der Waals surface area contributed by atoms with E-state index in [0.717, 1.165) is 25.7 Å². The van der Waals surface area contributed by atoms with Crippen LogP contribution in [0.5, 0.6) is 0 Å². The molecule has 1 saturated heterocycles. The number of carboxylic acids is 1. The average Bonchev–Trinajstić information content (AvgIpc) is 3.13. The van der Waals surface area contributed by atoms with Gasteiger partial charge in [-0.25, -0.2) is 4.79 Å². The second-order valence-electron chi connectivity index (χ2n) is 5.49. The third-order valence-electron chi connectivity index (χ3n) is 3.86. The normalized spacial score (nSPS) is 28.4. The lowest BCUT2D eigenvalue weighted by atomic mass is 10.0. The van der Waals surface area contributed by atoms with E-state index in [4.69, 9.17) is 5.73 Å². The summed E-state index contributed by atoms with van der Waals surface area (Å²) in [6.45, 7) is 2.45. The Morgan fingerprint density at radius 3 is 2.68 bits per heavy atom. The standard InChI is InChI=1S/C13H22N2O3S/c1-8(3-2-6-14)11(16)15-10(13(17)18)7-19-12(15)9-4-5-9/h8-10,12H,2-7,14H2,1H3,(H,17,18). The summed E-state index contributed by atoms with van der Waals surface area (Å²) in [7, 11) is 0. The summed E-state index contributed by atoms with van der Waals surface area (Å²) in [5, 5.41) is 9.36. The number of nitrogens with zero attached hydrogens (tertiary/aromatic N) is 1. The molecule has 1 heterocycles. The fourth-order valence-corrected chi connectivity index (χ4v) is 4.18. The highest BCUT2D eigenvalue weighted by molar-refractivity contribution is 8.00. The lowest BCUT2D eigenvalue weighted by Gasteiger charge is -2.30. The van der Waals surface area contributed by atoms with Gasteiger partial charge < -0.3 is 15.7 Å². The molecule has 1 aliphatic carbocycles. The van der Waals surface area contributed by atoms with Gasteiger partial charge >= 0.3 is 5.97 Å². The first-order valence-corrected chi connectivity index (χ1v) is 7.97. The molecular formula is C13H22N2O3S. The molecule has 0 radical (unpaired) electrons. The Morgan fingerprint density at radius 1 is 1.47 bits per heavy atom. The van der Waals surface area contributed by atoms with Gasteiger partial charge in [-0.15, -0.1) is 11.8 Å². The topological polar surface area (TPSA) is 83.6 Å². The van der Waals surface area contributed by atoms with E-state index in [1.165, 1.54) is 0 Å². The van der Waals surface area contributed by atoms with Gasteiger partial charge in [0.05, 0.1) is 5.37 Å². The molecular weight excluding hydrogens is 264 g/mol. The van der Waals surface area contributed by atoms with Crippen molar-refractivity contribution in [2.45, 2.75) is 44.0 Å². The number of aliphatic carboxylic acids is 1. The molecule has 2 fully saturated rings. The van der Waals surface area contributed by atoms with Gasteiger partial charge in [-0.3, -0.25) is 4.79 Å². The van der Waals surface area contributed by atoms with E-state index in [-0.39, 0.29) is 17.2 Å². The minimum atomic E-state index is -0.880. The van der Waals surface area contributed by atoms with Crippen molar-refractivity contribution in [3.8, 4) is 0 Å². The third kappa shape index (κ3) is 3.23. The molecule has 3 N–H and O–H groups in total. The van der Waals surface area contributed by atoms with Crippen LogP contribution in [0.25, 0.3) is 0 Å². The number of thioether (sulfide) groups is 1. The molecule has 1 saturated carbocycles. The molecule has 5 nitrogen and oxygen atoms in total. The van der Waals surface area contributed by atoms with E-state index in [1.807, 2.05) is 6.92 Å². The van der Waals surface area contributed by atoms with Crippen LogP contribution in [-0.2, 0) is 9.59 Å². The molecule has 0 bridgehead atoms. The van der Waals surface area contributed by atoms with Gasteiger partial charge in [-0.05, 0) is 38.1 Å². The van der Waals surface area contributed by atoms with Crippen LogP contribution in [0.1, 0.15) is 32.6 Å². The molecule has 1 amide bonds. The smallest absolute Gasteiger partial charge is 0.327 e. The fraction of sp³-hybridized carbons (Fsp3) is 0.846. The average molecular weight is 286 g/mol. The van der Waals surface area contributed by atoms with Crippen LogP contribution < -0.4 is 5.73 Å². The molecule has 0 aromatic carbocycles. The van der Waals surface area contributed by atoms with Gasteiger partial charge in [-0.2, -0.15) is 0 Å². The molecule has 2 aliphatic rings. The summed E-state index contributed by atoms with van der Waals surface area (Å²) >= 11 is 1.63. The first-order chi connectivity index (χ1) is 9.06. The third-order valence-corrected chi connectivity index (χ3v) is 5.32. The molecule has 2 rings (SSSR count). The molecule has 3 unspecified atom stereocenters. The van der Waals surface area contributed by atoms with Gasteiger partial charge in [0.15, 0.2) is 0 Å². The predicted octanol–water partition coefficient (Wildman–Crippen LogP) is 1.13. The highest BCUT2D eigenvalue weighted by Gasteiger charge is 2.48. The number of amides is 1. The molecule has 0 aromatic heterocycles. The van der Waals surface area contributed by atoms with Gasteiger partial charge in [0, 0.05) is 11.7 Å². The maximum atomic E-state index is 12.5. The van der Waals surface area contributed by atoms with Crippen LogP contribution in [0.3, 0.4) is 0 Å². The van der Waals surface area contributed by atoms with Crippen LogP contribution in [0, 0.1) is 11.8 Å². The van der Waals surface area contributed by atoms with Crippen LogP contribution in [-0.4, -0.2) is 45.6 Å². The minimum absolute atomic E-state index is 0.0113. The van der Waals surface area contributed by atoms with E-state index >= 15 is 0 Å². The van der Waals surface area contributed by atoms with E-state index in [1.54, 1.807) is 16.7 Å². The number of carbonyl (C=O) groups excluding carboxylic acids is 1. The molecule has 108 valence electrons. The summed E-state index contributed by atoms with van der Waals surface area (Å²) < 4.78 is 0. The second-order valence-corrected chi connectivity index (χ2v) is 6.64. The molecule has 6 heteroatoms. The Balaban J connectivity index is 2.06. The number of hydrogen-bond acceptors (Lipinski definition) is 4. The van der Waals surface area contributed by atoms with Crippen molar-refractivity contribution >= 4 is 23.6 Å². The Labute approximate surface area is 117 Å².